The lowest BCUT2D eigenvalue weighted by Crippen LogP contribution is -2.33. The van der Waals surface area contributed by atoms with Crippen LogP contribution in [0.1, 0.15) is 34.7 Å². The first-order valence-corrected chi connectivity index (χ1v) is 8.32. The maximum Gasteiger partial charge on any atom is 0.0602 e. The van der Waals surface area contributed by atoms with Gasteiger partial charge < -0.3 is 5.32 Å². The summed E-state index contributed by atoms with van der Waals surface area (Å²) < 4.78 is 0. The highest BCUT2D eigenvalue weighted by Crippen LogP contribution is 2.30. The van der Waals surface area contributed by atoms with Crippen LogP contribution >= 0.6 is 0 Å². The second kappa shape index (κ2) is 7.08. The molecule has 0 aliphatic carbocycles. The molecule has 1 aliphatic heterocycles. The van der Waals surface area contributed by atoms with Crippen molar-refractivity contribution in [2.45, 2.75) is 26.3 Å². The maximum atomic E-state index is 3.52. The van der Waals surface area contributed by atoms with Crippen LogP contribution in [0, 0.1) is 13.8 Å². The molecule has 0 spiro atoms. The predicted molar refractivity (Wildman–Crippen MR) is 93.3 cm³/mol. The molecule has 0 amide bonds. The van der Waals surface area contributed by atoms with Crippen molar-refractivity contribution >= 4 is 0 Å². The lowest BCUT2D eigenvalue weighted by atomic mass is 9.94. The van der Waals surface area contributed by atoms with E-state index in [1.165, 1.54) is 28.7 Å². The van der Waals surface area contributed by atoms with E-state index in [-0.39, 0.29) is 0 Å². The van der Waals surface area contributed by atoms with Crippen LogP contribution < -0.4 is 5.32 Å². The van der Waals surface area contributed by atoms with Crippen LogP contribution in [0.2, 0.25) is 0 Å². The summed E-state index contributed by atoms with van der Waals surface area (Å²) in [5.74, 6) is 0. The Kier molecular flexibility index (Phi) is 4.91. The topological polar surface area (TPSA) is 15.3 Å². The minimum atomic E-state index is 0.361. The van der Waals surface area contributed by atoms with Crippen molar-refractivity contribution in [2.75, 3.05) is 26.2 Å². The summed E-state index contributed by atoms with van der Waals surface area (Å²) in [5, 5.41) is 3.52. The molecule has 116 valence electrons. The summed E-state index contributed by atoms with van der Waals surface area (Å²) in [4.78, 5) is 2.63. The van der Waals surface area contributed by atoms with E-state index < -0.39 is 0 Å². The Balaban J connectivity index is 2.01. The highest BCUT2D eigenvalue weighted by atomic mass is 15.2. The molecule has 2 heteroatoms. The predicted octanol–water partition coefficient (Wildman–Crippen LogP) is 3.69. The van der Waals surface area contributed by atoms with E-state index in [1.807, 2.05) is 0 Å². The maximum absolute atomic E-state index is 3.52. The van der Waals surface area contributed by atoms with Gasteiger partial charge in [-0.1, -0.05) is 59.7 Å². The molecular formula is C20H26N2. The minimum absolute atomic E-state index is 0.361. The Morgan fingerprint density at radius 3 is 2.09 bits per heavy atom. The second-order valence-electron chi connectivity index (χ2n) is 6.37. The number of rotatable bonds is 3. The van der Waals surface area contributed by atoms with Crippen molar-refractivity contribution in [1.82, 2.24) is 10.2 Å². The Bertz CT molecular complexity index is 567. The second-order valence-corrected chi connectivity index (χ2v) is 6.37. The van der Waals surface area contributed by atoms with Crippen LogP contribution in [0.4, 0.5) is 0 Å². The summed E-state index contributed by atoms with van der Waals surface area (Å²) >= 11 is 0. The molecule has 0 radical (unpaired) electrons. The van der Waals surface area contributed by atoms with Gasteiger partial charge in [0.1, 0.15) is 0 Å². The number of hydrogen-bond donors (Lipinski definition) is 1. The Labute approximate surface area is 134 Å². The quantitative estimate of drug-likeness (QED) is 0.929. The summed E-state index contributed by atoms with van der Waals surface area (Å²) in [6.45, 7) is 8.83. The first kappa shape index (κ1) is 15.3. The monoisotopic (exact) mass is 294 g/mol. The lowest BCUT2D eigenvalue weighted by molar-refractivity contribution is 0.241. The van der Waals surface area contributed by atoms with E-state index >= 15 is 0 Å². The Hall–Kier alpha value is -1.64. The Morgan fingerprint density at radius 2 is 1.50 bits per heavy atom. The lowest BCUT2D eigenvalue weighted by Gasteiger charge is -2.31. The zero-order valence-corrected chi connectivity index (χ0v) is 13.7. The fourth-order valence-corrected chi connectivity index (χ4v) is 3.42. The van der Waals surface area contributed by atoms with Crippen molar-refractivity contribution in [2.24, 2.45) is 0 Å². The molecule has 2 nitrogen and oxygen atoms in total. The van der Waals surface area contributed by atoms with Crippen LogP contribution in [0.5, 0.6) is 0 Å². The van der Waals surface area contributed by atoms with Crippen LogP contribution in [-0.4, -0.2) is 31.1 Å². The average molecular weight is 294 g/mol. The third-order valence-corrected chi connectivity index (χ3v) is 4.46. The molecule has 1 N–H and O–H groups in total. The van der Waals surface area contributed by atoms with E-state index in [1.54, 1.807) is 0 Å². The van der Waals surface area contributed by atoms with Gasteiger partial charge in [-0.05, 0) is 37.9 Å². The van der Waals surface area contributed by atoms with Gasteiger partial charge in [0.2, 0.25) is 0 Å². The molecular weight excluding hydrogens is 268 g/mol. The first-order chi connectivity index (χ1) is 10.7. The molecule has 0 atom stereocenters. The summed E-state index contributed by atoms with van der Waals surface area (Å²) in [6, 6.07) is 18.3. The van der Waals surface area contributed by atoms with Gasteiger partial charge in [-0.2, -0.15) is 0 Å². The minimum Gasteiger partial charge on any atom is -0.315 e. The molecule has 22 heavy (non-hydrogen) atoms. The van der Waals surface area contributed by atoms with Gasteiger partial charge >= 0.3 is 0 Å². The van der Waals surface area contributed by atoms with Crippen LogP contribution in [0.15, 0.2) is 48.5 Å². The molecule has 2 aromatic carbocycles. The van der Waals surface area contributed by atoms with Gasteiger partial charge in [-0.3, -0.25) is 4.90 Å². The molecule has 0 bridgehead atoms. The molecule has 3 rings (SSSR count). The zero-order chi connectivity index (χ0) is 15.4. The third-order valence-electron chi connectivity index (χ3n) is 4.46. The fraction of sp³-hybridized carbons (Fsp3) is 0.400. The van der Waals surface area contributed by atoms with Gasteiger partial charge in [-0.25, -0.2) is 0 Å². The van der Waals surface area contributed by atoms with Crippen molar-refractivity contribution < 1.29 is 0 Å². The molecule has 1 aliphatic rings. The smallest absolute Gasteiger partial charge is 0.0602 e. The largest absolute Gasteiger partial charge is 0.315 e. The summed E-state index contributed by atoms with van der Waals surface area (Å²) in [7, 11) is 0. The van der Waals surface area contributed by atoms with Gasteiger partial charge in [0, 0.05) is 19.6 Å². The SMILES string of the molecule is Cc1cccc(C(c2cccc(C)c2)N2CCCNCC2)c1. The van der Waals surface area contributed by atoms with E-state index in [9.17, 15) is 0 Å². The number of hydrogen-bond acceptors (Lipinski definition) is 2. The van der Waals surface area contributed by atoms with Gasteiger partial charge in [0.25, 0.3) is 0 Å². The molecule has 0 saturated carbocycles. The Morgan fingerprint density at radius 1 is 0.864 bits per heavy atom. The molecule has 1 saturated heterocycles. The van der Waals surface area contributed by atoms with Crippen molar-refractivity contribution in [3.05, 3.63) is 70.8 Å². The number of aryl methyl sites for hydroxylation is 2. The number of nitrogens with one attached hydrogen (secondary N) is 1. The van der Waals surface area contributed by atoms with E-state index in [4.69, 9.17) is 0 Å². The van der Waals surface area contributed by atoms with Crippen molar-refractivity contribution in [3.8, 4) is 0 Å². The third kappa shape index (κ3) is 3.57. The molecule has 2 aromatic rings. The average Bonchev–Trinajstić information content (AvgIpc) is 2.77. The van der Waals surface area contributed by atoms with Crippen LogP contribution in [0.3, 0.4) is 0 Å². The molecule has 1 heterocycles. The van der Waals surface area contributed by atoms with Gasteiger partial charge in [0.05, 0.1) is 6.04 Å². The molecule has 0 aromatic heterocycles. The molecule has 1 fully saturated rings. The fourth-order valence-electron chi connectivity index (χ4n) is 3.42. The van der Waals surface area contributed by atoms with Crippen LogP contribution in [-0.2, 0) is 0 Å². The van der Waals surface area contributed by atoms with E-state index in [0.717, 1.165) is 26.2 Å². The summed E-state index contributed by atoms with van der Waals surface area (Å²) in [5.41, 5.74) is 5.49. The highest BCUT2D eigenvalue weighted by molar-refractivity contribution is 5.36. The van der Waals surface area contributed by atoms with E-state index in [2.05, 4.69) is 72.6 Å². The number of nitrogens with zero attached hydrogens (tertiary/aromatic N) is 1. The van der Waals surface area contributed by atoms with Crippen LogP contribution in [0.25, 0.3) is 0 Å². The highest BCUT2D eigenvalue weighted by Gasteiger charge is 2.23. The first-order valence-electron chi connectivity index (χ1n) is 8.32. The normalized spacial score (nSPS) is 16.7. The van der Waals surface area contributed by atoms with Gasteiger partial charge in [-0.15, -0.1) is 0 Å². The van der Waals surface area contributed by atoms with Crippen molar-refractivity contribution in [3.63, 3.8) is 0 Å². The van der Waals surface area contributed by atoms with Crippen molar-refractivity contribution in [1.29, 1.82) is 0 Å². The number of benzene rings is 2. The van der Waals surface area contributed by atoms with E-state index in [0.29, 0.717) is 6.04 Å². The summed E-state index contributed by atoms with van der Waals surface area (Å²) in [6.07, 6.45) is 1.22. The standard InChI is InChI=1S/C20H26N2/c1-16-6-3-8-18(14-16)20(19-9-4-7-17(2)15-19)22-12-5-10-21-11-13-22/h3-4,6-9,14-15,20-21H,5,10-13H2,1-2H3. The molecule has 0 unspecified atom stereocenters. The van der Waals surface area contributed by atoms with Gasteiger partial charge in [0.15, 0.2) is 0 Å². The zero-order valence-electron chi connectivity index (χ0n) is 13.7.